The maximum absolute atomic E-state index is 11.6. The molecule has 0 fully saturated rings. The van der Waals surface area contributed by atoms with Crippen LogP contribution in [0.2, 0.25) is 0 Å². The molecule has 6 nitrogen and oxygen atoms in total. The van der Waals surface area contributed by atoms with Gasteiger partial charge in [-0.3, -0.25) is 9.52 Å². The van der Waals surface area contributed by atoms with Crippen molar-refractivity contribution in [2.24, 2.45) is 0 Å². The van der Waals surface area contributed by atoms with Gasteiger partial charge in [-0.05, 0) is 19.1 Å². The number of carbonyl (C=O) groups is 1. The van der Waals surface area contributed by atoms with Gasteiger partial charge >= 0.3 is 0 Å². The number of nitrogens with one attached hydrogen (secondary N) is 1. The van der Waals surface area contributed by atoms with Crippen molar-refractivity contribution in [1.29, 1.82) is 0 Å². The first-order valence-electron chi connectivity index (χ1n) is 5.87. The predicted octanol–water partition coefficient (Wildman–Crippen LogP) is 1.27. The molecule has 1 N–H and O–H groups in total. The van der Waals surface area contributed by atoms with Crippen molar-refractivity contribution < 1.29 is 17.6 Å². The molecule has 0 aliphatic rings. The molecule has 1 heterocycles. The Morgan fingerprint density at radius 3 is 2.55 bits per heavy atom. The van der Waals surface area contributed by atoms with Crippen molar-refractivity contribution in [2.75, 3.05) is 6.26 Å². The molecule has 2 rings (SSSR count). The molecule has 0 aliphatic carbocycles. The second-order valence-electron chi connectivity index (χ2n) is 4.36. The zero-order valence-electron chi connectivity index (χ0n) is 11.1. The van der Waals surface area contributed by atoms with Crippen LogP contribution in [0.15, 0.2) is 34.7 Å². The molecule has 0 radical (unpaired) electrons. The number of nitrogens with zero attached hydrogens (tertiary/aromatic N) is 1. The number of aryl methyl sites for hydroxylation is 1. The van der Waals surface area contributed by atoms with Crippen LogP contribution in [0.1, 0.15) is 11.5 Å². The average molecular weight is 294 g/mol. The summed E-state index contributed by atoms with van der Waals surface area (Å²) in [6, 6.07) is 9.26. The van der Waals surface area contributed by atoms with Crippen LogP contribution in [-0.4, -0.2) is 25.6 Å². The molecular weight excluding hydrogens is 280 g/mol. The molecule has 0 bridgehead atoms. The first kappa shape index (κ1) is 14.3. The summed E-state index contributed by atoms with van der Waals surface area (Å²) in [7, 11) is -3.56. The maximum atomic E-state index is 11.6. The zero-order valence-corrected chi connectivity index (χ0v) is 11.9. The number of benzene rings is 1. The Bertz CT molecular complexity index is 720. The molecule has 0 aliphatic heterocycles. The fraction of sp³-hybridized carbons (Fsp3) is 0.231. The average Bonchev–Trinajstić information content (AvgIpc) is 2.70. The molecule has 0 unspecified atom stereocenters. The number of rotatable bonds is 4. The van der Waals surface area contributed by atoms with Crippen molar-refractivity contribution in [2.45, 2.75) is 13.3 Å². The number of aromatic nitrogens is 1. The molecule has 0 saturated carbocycles. The Hall–Kier alpha value is -2.15. The number of carbonyl (C=O) groups excluding carboxylic acids is 1. The van der Waals surface area contributed by atoms with Gasteiger partial charge < -0.3 is 4.42 Å². The van der Waals surface area contributed by atoms with E-state index in [1.54, 1.807) is 6.92 Å². The highest BCUT2D eigenvalue weighted by Crippen LogP contribution is 2.21. The Kier molecular flexibility index (Phi) is 3.89. The van der Waals surface area contributed by atoms with Gasteiger partial charge in [0.05, 0.1) is 18.4 Å². The van der Waals surface area contributed by atoms with Crippen LogP contribution >= 0.6 is 0 Å². The van der Waals surface area contributed by atoms with Gasteiger partial charge in [-0.1, -0.05) is 18.2 Å². The number of amides is 1. The van der Waals surface area contributed by atoms with Crippen LogP contribution in [0, 0.1) is 6.92 Å². The summed E-state index contributed by atoms with van der Waals surface area (Å²) < 4.78 is 29.3. The standard InChI is InChI=1S/C13H14N2O4S/c1-9-11(8-12(16)15-20(2,17)18)14-13(19-9)10-6-4-3-5-7-10/h3-7H,8H2,1-2H3,(H,15,16). The number of sulfonamides is 1. The SMILES string of the molecule is Cc1oc(-c2ccccc2)nc1CC(=O)NS(C)(=O)=O. The lowest BCUT2D eigenvalue weighted by atomic mass is 10.2. The van der Waals surface area contributed by atoms with E-state index in [0.29, 0.717) is 17.3 Å². The summed E-state index contributed by atoms with van der Waals surface area (Å²) in [6.07, 6.45) is 0.783. The van der Waals surface area contributed by atoms with E-state index in [1.807, 2.05) is 35.1 Å². The van der Waals surface area contributed by atoms with E-state index in [-0.39, 0.29) is 6.42 Å². The third-order valence-corrected chi connectivity index (χ3v) is 3.14. The Labute approximate surface area is 116 Å². The molecule has 20 heavy (non-hydrogen) atoms. The number of oxazole rings is 1. The molecular formula is C13H14N2O4S. The summed E-state index contributed by atoms with van der Waals surface area (Å²) in [5.41, 5.74) is 1.22. The summed E-state index contributed by atoms with van der Waals surface area (Å²) >= 11 is 0. The second kappa shape index (κ2) is 5.46. The number of hydrogen-bond acceptors (Lipinski definition) is 5. The van der Waals surface area contributed by atoms with E-state index in [0.717, 1.165) is 11.8 Å². The predicted molar refractivity (Wildman–Crippen MR) is 73.4 cm³/mol. The van der Waals surface area contributed by atoms with Gasteiger partial charge in [-0.25, -0.2) is 13.4 Å². The lowest BCUT2D eigenvalue weighted by Gasteiger charge is -2.00. The van der Waals surface area contributed by atoms with Crippen molar-refractivity contribution in [1.82, 2.24) is 9.71 Å². The maximum Gasteiger partial charge on any atom is 0.239 e. The zero-order chi connectivity index (χ0) is 14.8. The number of hydrogen-bond donors (Lipinski definition) is 1. The van der Waals surface area contributed by atoms with E-state index in [4.69, 9.17) is 4.42 Å². The lowest BCUT2D eigenvalue weighted by molar-refractivity contribution is -0.118. The highest BCUT2D eigenvalue weighted by atomic mass is 32.2. The molecule has 1 aromatic carbocycles. The molecule has 2 aromatic rings. The minimum absolute atomic E-state index is 0.144. The van der Waals surface area contributed by atoms with Crippen LogP contribution in [-0.2, 0) is 21.2 Å². The topological polar surface area (TPSA) is 89.3 Å². The molecule has 0 atom stereocenters. The highest BCUT2D eigenvalue weighted by molar-refractivity contribution is 7.89. The minimum Gasteiger partial charge on any atom is -0.441 e. The third-order valence-electron chi connectivity index (χ3n) is 2.54. The first-order valence-corrected chi connectivity index (χ1v) is 7.76. The van der Waals surface area contributed by atoms with E-state index < -0.39 is 15.9 Å². The molecule has 0 spiro atoms. The normalized spacial score (nSPS) is 11.3. The Balaban J connectivity index is 2.19. The van der Waals surface area contributed by atoms with Gasteiger partial charge in [0.25, 0.3) is 0 Å². The van der Waals surface area contributed by atoms with Crippen LogP contribution < -0.4 is 4.72 Å². The van der Waals surface area contributed by atoms with E-state index in [9.17, 15) is 13.2 Å². The van der Waals surface area contributed by atoms with E-state index >= 15 is 0 Å². The van der Waals surface area contributed by atoms with E-state index in [1.165, 1.54) is 0 Å². The fourth-order valence-corrected chi connectivity index (χ4v) is 2.18. The van der Waals surface area contributed by atoms with Crippen molar-refractivity contribution >= 4 is 15.9 Å². The van der Waals surface area contributed by atoms with Gasteiger partial charge in [0.15, 0.2) is 0 Å². The molecule has 7 heteroatoms. The molecule has 0 saturated heterocycles. The van der Waals surface area contributed by atoms with Gasteiger partial charge in [0.2, 0.25) is 21.8 Å². The van der Waals surface area contributed by atoms with Crippen LogP contribution in [0.5, 0.6) is 0 Å². The minimum atomic E-state index is -3.56. The fourth-order valence-electron chi connectivity index (χ4n) is 1.69. The van der Waals surface area contributed by atoms with Gasteiger partial charge in [-0.2, -0.15) is 0 Å². The van der Waals surface area contributed by atoms with Gasteiger partial charge in [-0.15, -0.1) is 0 Å². The van der Waals surface area contributed by atoms with Crippen molar-refractivity contribution in [3.63, 3.8) is 0 Å². The largest absolute Gasteiger partial charge is 0.441 e. The molecule has 106 valence electrons. The van der Waals surface area contributed by atoms with Crippen LogP contribution in [0.3, 0.4) is 0 Å². The van der Waals surface area contributed by atoms with Crippen molar-refractivity contribution in [3.05, 3.63) is 41.8 Å². The Morgan fingerprint density at radius 1 is 1.30 bits per heavy atom. The highest BCUT2D eigenvalue weighted by Gasteiger charge is 2.16. The van der Waals surface area contributed by atoms with Crippen LogP contribution in [0.4, 0.5) is 0 Å². The van der Waals surface area contributed by atoms with Gasteiger partial charge in [0, 0.05) is 5.56 Å². The summed E-state index contributed by atoms with van der Waals surface area (Å²) in [5.74, 6) is 0.265. The Morgan fingerprint density at radius 2 is 1.95 bits per heavy atom. The smallest absolute Gasteiger partial charge is 0.239 e. The molecule has 1 aromatic heterocycles. The summed E-state index contributed by atoms with van der Waals surface area (Å²) in [4.78, 5) is 15.8. The van der Waals surface area contributed by atoms with Gasteiger partial charge in [0.1, 0.15) is 5.76 Å². The summed E-state index contributed by atoms with van der Waals surface area (Å²) in [6.45, 7) is 1.68. The summed E-state index contributed by atoms with van der Waals surface area (Å²) in [5, 5.41) is 0. The van der Waals surface area contributed by atoms with Crippen LogP contribution in [0.25, 0.3) is 11.5 Å². The third kappa shape index (κ3) is 3.67. The van der Waals surface area contributed by atoms with E-state index in [2.05, 4.69) is 4.98 Å². The molecule has 1 amide bonds. The monoisotopic (exact) mass is 294 g/mol. The lowest BCUT2D eigenvalue weighted by Crippen LogP contribution is -2.30. The second-order valence-corrected chi connectivity index (χ2v) is 6.11. The first-order chi connectivity index (χ1) is 9.35. The van der Waals surface area contributed by atoms with Crippen molar-refractivity contribution in [3.8, 4) is 11.5 Å². The quantitative estimate of drug-likeness (QED) is 0.917.